The van der Waals surface area contributed by atoms with E-state index >= 15 is 0 Å². The lowest BCUT2D eigenvalue weighted by molar-refractivity contribution is 1.18. The van der Waals surface area contributed by atoms with Gasteiger partial charge in [0, 0.05) is 38.4 Å². The first-order chi connectivity index (χ1) is 24.8. The van der Waals surface area contributed by atoms with Crippen LogP contribution in [0.5, 0.6) is 0 Å². The zero-order valence-electron chi connectivity index (χ0n) is 27.2. The van der Waals surface area contributed by atoms with Crippen molar-refractivity contribution in [1.82, 2.24) is 15.0 Å². The number of para-hydroxylation sites is 1. The molecule has 0 atom stereocenters. The van der Waals surface area contributed by atoms with E-state index in [0.29, 0.717) is 0 Å². The van der Waals surface area contributed by atoms with Crippen molar-refractivity contribution in [2.24, 2.45) is 0 Å². The van der Waals surface area contributed by atoms with E-state index in [-0.39, 0.29) is 0 Å². The normalized spacial score (nSPS) is 11.2. The number of nitrogens with zero attached hydrogens (tertiary/aromatic N) is 3. The Hall–Kier alpha value is -6.71. The summed E-state index contributed by atoms with van der Waals surface area (Å²) in [6.45, 7) is 0. The van der Waals surface area contributed by atoms with Crippen molar-refractivity contribution in [3.8, 4) is 67.4 Å². The summed E-state index contributed by atoms with van der Waals surface area (Å²) in [6.07, 6.45) is 0. The van der Waals surface area contributed by atoms with Crippen molar-refractivity contribution in [2.45, 2.75) is 0 Å². The van der Waals surface area contributed by atoms with Gasteiger partial charge in [-0.15, -0.1) is 0 Å². The summed E-state index contributed by atoms with van der Waals surface area (Å²) in [5, 5.41) is 3.54. The van der Waals surface area contributed by atoms with Gasteiger partial charge in [-0.1, -0.05) is 176 Å². The highest BCUT2D eigenvalue weighted by Gasteiger charge is 2.15. The Bertz CT molecular complexity index is 2540. The quantitative estimate of drug-likeness (QED) is 0.170. The molecule has 3 nitrogen and oxygen atoms in total. The van der Waals surface area contributed by atoms with Crippen LogP contribution in [0.1, 0.15) is 0 Å². The lowest BCUT2D eigenvalue weighted by Crippen LogP contribution is -1.95. The minimum Gasteiger partial charge on any atom is -0.247 e. The van der Waals surface area contributed by atoms with Crippen LogP contribution in [0.3, 0.4) is 0 Å². The predicted octanol–water partition coefficient (Wildman–Crippen LogP) is 12.2. The van der Waals surface area contributed by atoms with Gasteiger partial charge in [0.1, 0.15) is 0 Å². The van der Waals surface area contributed by atoms with Crippen molar-refractivity contribution in [2.75, 3.05) is 0 Å². The summed E-state index contributed by atoms with van der Waals surface area (Å²) in [5.74, 6) is 0.717. The van der Waals surface area contributed by atoms with Crippen LogP contribution in [-0.4, -0.2) is 15.0 Å². The summed E-state index contributed by atoms with van der Waals surface area (Å²) in [5.41, 5.74) is 12.7. The predicted molar refractivity (Wildman–Crippen MR) is 207 cm³/mol. The SMILES string of the molecule is c1ccc(-c2cc(-c3ccc(-c4ccc(-c5cccc6c(-c7ccccc7)nc7ccccc7c56)cc4)cc3)nc(-c3ccccc3)n2)cc1. The molecule has 0 unspecified atom stereocenters. The average molecular weight is 638 g/mol. The Morgan fingerprint density at radius 3 is 1.42 bits per heavy atom. The molecule has 0 fully saturated rings. The average Bonchev–Trinajstić information content (AvgIpc) is 3.21. The molecule has 0 aliphatic carbocycles. The summed E-state index contributed by atoms with van der Waals surface area (Å²) < 4.78 is 0. The first-order valence-electron chi connectivity index (χ1n) is 16.9. The maximum atomic E-state index is 5.12. The smallest absolute Gasteiger partial charge is 0.160 e. The monoisotopic (exact) mass is 637 g/mol. The molecule has 0 saturated carbocycles. The van der Waals surface area contributed by atoms with Gasteiger partial charge in [0.25, 0.3) is 0 Å². The van der Waals surface area contributed by atoms with Gasteiger partial charge in [0.2, 0.25) is 0 Å². The fourth-order valence-corrected chi connectivity index (χ4v) is 6.80. The van der Waals surface area contributed by atoms with E-state index in [1.54, 1.807) is 0 Å². The van der Waals surface area contributed by atoms with Gasteiger partial charge in [-0.25, -0.2) is 15.0 Å². The molecule has 0 aliphatic heterocycles. The molecule has 2 heterocycles. The van der Waals surface area contributed by atoms with Crippen LogP contribution in [0.25, 0.3) is 89.1 Å². The molecule has 0 saturated heterocycles. The molecule has 9 aromatic rings. The molecular formula is C47H31N3. The highest BCUT2D eigenvalue weighted by atomic mass is 14.9. The van der Waals surface area contributed by atoms with Crippen molar-refractivity contribution in [3.05, 3.63) is 188 Å². The fraction of sp³-hybridized carbons (Fsp3) is 0. The van der Waals surface area contributed by atoms with Crippen LogP contribution in [0.4, 0.5) is 0 Å². The van der Waals surface area contributed by atoms with Gasteiger partial charge in [0.05, 0.1) is 22.6 Å². The van der Waals surface area contributed by atoms with Crippen LogP contribution in [-0.2, 0) is 0 Å². The van der Waals surface area contributed by atoms with Gasteiger partial charge < -0.3 is 0 Å². The Morgan fingerprint density at radius 2 is 0.780 bits per heavy atom. The molecule has 0 spiro atoms. The number of hydrogen-bond acceptors (Lipinski definition) is 3. The lowest BCUT2D eigenvalue weighted by Gasteiger charge is -2.14. The van der Waals surface area contributed by atoms with Gasteiger partial charge in [-0.2, -0.15) is 0 Å². The second-order valence-corrected chi connectivity index (χ2v) is 12.4. The minimum absolute atomic E-state index is 0.717. The number of hydrogen-bond donors (Lipinski definition) is 0. The van der Waals surface area contributed by atoms with Gasteiger partial charge >= 0.3 is 0 Å². The molecule has 234 valence electrons. The van der Waals surface area contributed by atoms with E-state index in [4.69, 9.17) is 15.0 Å². The lowest BCUT2D eigenvalue weighted by atomic mass is 9.92. The van der Waals surface area contributed by atoms with Crippen molar-refractivity contribution in [1.29, 1.82) is 0 Å². The fourth-order valence-electron chi connectivity index (χ4n) is 6.80. The van der Waals surface area contributed by atoms with Crippen LogP contribution in [0.15, 0.2) is 188 Å². The van der Waals surface area contributed by atoms with E-state index in [0.717, 1.165) is 72.6 Å². The summed E-state index contributed by atoms with van der Waals surface area (Å²) in [7, 11) is 0. The van der Waals surface area contributed by atoms with E-state index in [1.165, 1.54) is 16.5 Å². The Morgan fingerprint density at radius 1 is 0.300 bits per heavy atom. The molecule has 50 heavy (non-hydrogen) atoms. The third kappa shape index (κ3) is 5.51. The largest absolute Gasteiger partial charge is 0.247 e. The van der Waals surface area contributed by atoms with Gasteiger partial charge in [-0.05, 0) is 34.4 Å². The topological polar surface area (TPSA) is 38.7 Å². The first kappa shape index (κ1) is 29.4. The second-order valence-electron chi connectivity index (χ2n) is 12.4. The molecule has 0 amide bonds. The van der Waals surface area contributed by atoms with Crippen LogP contribution < -0.4 is 0 Å². The third-order valence-electron chi connectivity index (χ3n) is 9.31. The first-order valence-corrected chi connectivity index (χ1v) is 16.9. The van der Waals surface area contributed by atoms with Gasteiger partial charge in [0.15, 0.2) is 5.82 Å². The molecule has 3 heteroatoms. The van der Waals surface area contributed by atoms with Crippen LogP contribution in [0, 0.1) is 0 Å². The molecule has 0 N–H and O–H groups in total. The minimum atomic E-state index is 0.717. The number of aromatic nitrogens is 3. The van der Waals surface area contributed by atoms with Crippen molar-refractivity contribution < 1.29 is 0 Å². The highest BCUT2D eigenvalue weighted by molar-refractivity contribution is 6.17. The number of fused-ring (bicyclic) bond motifs is 3. The standard InChI is InChI=1S/C47H31N3/c1-4-13-35(14-5-1)43-31-44(50-47(49-43)38-17-8-3-9-18-38)36-29-25-33(26-30-36)32-23-27-34(28-24-32)39-20-12-21-41-45(39)40-19-10-11-22-42(40)48-46(41)37-15-6-2-7-16-37/h1-31H. The molecule has 2 aromatic heterocycles. The zero-order chi connectivity index (χ0) is 33.3. The van der Waals surface area contributed by atoms with E-state index in [1.807, 2.05) is 42.5 Å². The maximum absolute atomic E-state index is 5.12. The van der Waals surface area contributed by atoms with Crippen LogP contribution in [0.2, 0.25) is 0 Å². The zero-order valence-corrected chi connectivity index (χ0v) is 27.2. The van der Waals surface area contributed by atoms with Crippen LogP contribution >= 0.6 is 0 Å². The summed E-state index contributed by atoms with van der Waals surface area (Å²) >= 11 is 0. The number of benzene rings is 7. The van der Waals surface area contributed by atoms with Crippen molar-refractivity contribution in [3.63, 3.8) is 0 Å². The third-order valence-corrected chi connectivity index (χ3v) is 9.31. The molecule has 0 bridgehead atoms. The van der Waals surface area contributed by atoms with Crippen molar-refractivity contribution >= 4 is 21.7 Å². The second kappa shape index (κ2) is 12.7. The summed E-state index contributed by atoms with van der Waals surface area (Å²) in [4.78, 5) is 15.1. The Labute approximate surface area is 291 Å². The molecule has 7 aromatic carbocycles. The molecule has 0 aliphatic rings. The Kier molecular flexibility index (Phi) is 7.49. The number of pyridine rings is 1. The van der Waals surface area contributed by atoms with E-state index in [9.17, 15) is 0 Å². The number of rotatable bonds is 6. The van der Waals surface area contributed by atoms with Gasteiger partial charge in [-0.3, -0.25) is 0 Å². The molecule has 9 rings (SSSR count). The Balaban J connectivity index is 1.08. The molecule has 0 radical (unpaired) electrons. The molecular weight excluding hydrogens is 607 g/mol. The van der Waals surface area contributed by atoms with E-state index in [2.05, 4.69) is 146 Å². The summed E-state index contributed by atoms with van der Waals surface area (Å²) in [6, 6.07) is 65.6. The van der Waals surface area contributed by atoms with E-state index < -0.39 is 0 Å². The highest BCUT2D eigenvalue weighted by Crippen LogP contribution is 2.39. The maximum Gasteiger partial charge on any atom is 0.160 e.